The third-order valence-corrected chi connectivity index (χ3v) is 3.64. The van der Waals surface area contributed by atoms with Crippen molar-refractivity contribution in [2.45, 2.75) is 0 Å². The Kier molecular flexibility index (Phi) is 2.79. The summed E-state index contributed by atoms with van der Waals surface area (Å²) in [5, 5.41) is 4.83. The van der Waals surface area contributed by atoms with E-state index in [9.17, 15) is 0 Å². The van der Waals surface area contributed by atoms with Crippen LogP contribution < -0.4 is 0 Å². The van der Waals surface area contributed by atoms with Crippen LogP contribution in [0.1, 0.15) is 0 Å². The van der Waals surface area contributed by atoms with Crippen LogP contribution in [0.4, 0.5) is 0 Å². The monoisotopic (exact) mass is 270 g/mol. The van der Waals surface area contributed by atoms with Gasteiger partial charge in [0.2, 0.25) is 0 Å². The largest absolute Gasteiger partial charge is 0.240 e. The third-order valence-electron chi connectivity index (χ3n) is 3.64. The molecular formula is C19H14N2. The zero-order chi connectivity index (χ0) is 14.1. The smallest absolute Gasteiger partial charge is 0.0991 e. The molecule has 0 atom stereocenters. The maximum absolute atomic E-state index is 4.83. The lowest BCUT2D eigenvalue weighted by Crippen LogP contribution is -2.04. The molecule has 1 heterocycles. The maximum Gasteiger partial charge on any atom is 0.0991 e. The first kappa shape index (κ1) is 11.9. The van der Waals surface area contributed by atoms with Gasteiger partial charge in [0.15, 0.2) is 0 Å². The molecule has 1 aliphatic carbocycles. The van der Waals surface area contributed by atoms with Crippen LogP contribution in [0.25, 0.3) is 28.1 Å². The van der Waals surface area contributed by atoms with Gasteiger partial charge < -0.3 is 0 Å². The summed E-state index contributed by atoms with van der Waals surface area (Å²) in [7, 11) is 0. The van der Waals surface area contributed by atoms with E-state index in [1.165, 1.54) is 11.1 Å². The Bertz CT molecular complexity index is 832. The molecule has 0 saturated heterocycles. The second kappa shape index (κ2) is 4.91. The van der Waals surface area contributed by atoms with Crippen molar-refractivity contribution in [1.29, 1.82) is 0 Å². The Morgan fingerprint density at radius 3 is 2.05 bits per heavy atom. The fourth-order valence-electron chi connectivity index (χ4n) is 2.61. The van der Waals surface area contributed by atoms with E-state index in [1.54, 1.807) is 0 Å². The Hall–Kier alpha value is -2.87. The van der Waals surface area contributed by atoms with E-state index >= 15 is 0 Å². The van der Waals surface area contributed by atoms with Crippen molar-refractivity contribution in [1.82, 2.24) is 9.78 Å². The van der Waals surface area contributed by atoms with E-state index in [2.05, 4.69) is 48.7 Å². The summed E-state index contributed by atoms with van der Waals surface area (Å²) < 4.78 is 1.95. The van der Waals surface area contributed by atoms with Crippen molar-refractivity contribution in [3.8, 4) is 28.1 Å². The summed E-state index contributed by atoms with van der Waals surface area (Å²) in [5.41, 5.74) is 5.61. The van der Waals surface area contributed by atoms with Crippen LogP contribution in [-0.4, -0.2) is 9.78 Å². The van der Waals surface area contributed by atoms with Gasteiger partial charge in [0.1, 0.15) is 0 Å². The number of rotatable bonds is 2. The van der Waals surface area contributed by atoms with Crippen LogP contribution in [0, 0.1) is 0 Å². The second-order valence-electron chi connectivity index (χ2n) is 5.02. The first-order valence-corrected chi connectivity index (χ1v) is 7.01. The van der Waals surface area contributed by atoms with Gasteiger partial charge in [-0.25, -0.2) is 4.68 Å². The first-order valence-electron chi connectivity index (χ1n) is 7.01. The van der Waals surface area contributed by atoms with Gasteiger partial charge in [0, 0.05) is 22.9 Å². The summed E-state index contributed by atoms with van der Waals surface area (Å²) in [6.07, 6.45) is 2.08. The molecule has 0 bridgehead atoms. The van der Waals surface area contributed by atoms with Gasteiger partial charge in [-0.1, -0.05) is 66.7 Å². The molecule has 4 rings (SSSR count). The van der Waals surface area contributed by atoms with E-state index in [0.29, 0.717) is 0 Å². The topological polar surface area (TPSA) is 17.8 Å². The molecule has 1 aliphatic heterocycles. The Balaban J connectivity index is 1.97. The van der Waals surface area contributed by atoms with Gasteiger partial charge in [-0.15, -0.1) is 0 Å². The van der Waals surface area contributed by atoms with Gasteiger partial charge in [0.05, 0.1) is 11.4 Å². The van der Waals surface area contributed by atoms with Crippen LogP contribution >= 0.6 is 0 Å². The highest BCUT2D eigenvalue weighted by Gasteiger charge is 2.13. The zero-order valence-corrected chi connectivity index (χ0v) is 11.5. The number of hydrogen-bond acceptors (Lipinski definition) is 1. The van der Waals surface area contributed by atoms with Gasteiger partial charge in [-0.05, 0) is 12.1 Å². The molecule has 0 saturated carbocycles. The first-order chi connectivity index (χ1) is 10.4. The lowest BCUT2D eigenvalue weighted by molar-refractivity contribution is 0.851. The number of para-hydroxylation sites is 1. The molecule has 0 amide bonds. The van der Waals surface area contributed by atoms with Crippen LogP contribution in [0.3, 0.4) is 0 Å². The van der Waals surface area contributed by atoms with Crippen LogP contribution in [0.15, 0.2) is 85.1 Å². The number of hydrogen-bond donors (Lipinski definition) is 0. The summed E-state index contributed by atoms with van der Waals surface area (Å²) in [4.78, 5) is 0. The Morgan fingerprint density at radius 1 is 0.619 bits per heavy atom. The highest BCUT2D eigenvalue weighted by atomic mass is 15.3. The minimum Gasteiger partial charge on any atom is -0.240 e. The van der Waals surface area contributed by atoms with E-state index in [0.717, 1.165) is 16.9 Å². The fourth-order valence-corrected chi connectivity index (χ4v) is 2.61. The van der Waals surface area contributed by atoms with Crippen molar-refractivity contribution in [3.63, 3.8) is 0 Å². The molecule has 2 nitrogen and oxygen atoms in total. The standard InChI is InChI=1S/C19H14N2/c1-3-8-15(9-4-1)19-18-13-7-10-16(18)14-21(20-19)17-11-5-2-6-12-17/h1-14H. The van der Waals surface area contributed by atoms with Crippen molar-refractivity contribution in [2.24, 2.45) is 0 Å². The lowest BCUT2D eigenvalue weighted by atomic mass is 10.0. The fraction of sp³-hybridized carbons (Fsp3) is 0. The van der Waals surface area contributed by atoms with Crippen molar-refractivity contribution < 1.29 is 0 Å². The predicted molar refractivity (Wildman–Crippen MR) is 85.6 cm³/mol. The summed E-state index contributed by atoms with van der Waals surface area (Å²) in [5.74, 6) is 0. The van der Waals surface area contributed by atoms with E-state index in [1.807, 2.05) is 41.1 Å². The van der Waals surface area contributed by atoms with Crippen LogP contribution in [0.2, 0.25) is 0 Å². The van der Waals surface area contributed by atoms with Gasteiger partial charge in [-0.2, -0.15) is 5.10 Å². The molecule has 100 valence electrons. The minimum atomic E-state index is 1.02. The minimum absolute atomic E-state index is 1.02. The van der Waals surface area contributed by atoms with Crippen molar-refractivity contribution in [2.75, 3.05) is 0 Å². The molecule has 2 aromatic rings. The summed E-state index contributed by atoms with van der Waals surface area (Å²) in [6.45, 7) is 0. The predicted octanol–water partition coefficient (Wildman–Crippen LogP) is 4.64. The average Bonchev–Trinajstić information content (AvgIpc) is 3.04. The third kappa shape index (κ3) is 2.11. The number of aromatic nitrogens is 2. The molecular weight excluding hydrogens is 256 g/mol. The average molecular weight is 270 g/mol. The molecule has 0 unspecified atom stereocenters. The Morgan fingerprint density at radius 2 is 1.29 bits per heavy atom. The molecule has 2 aliphatic rings. The van der Waals surface area contributed by atoms with Crippen molar-refractivity contribution in [3.05, 3.63) is 85.1 Å². The normalized spacial score (nSPS) is 10.9. The number of nitrogens with zero attached hydrogens (tertiary/aromatic N) is 2. The molecule has 0 N–H and O–H groups in total. The van der Waals surface area contributed by atoms with Crippen molar-refractivity contribution >= 4 is 0 Å². The highest BCUT2D eigenvalue weighted by Crippen LogP contribution is 2.32. The SMILES string of the molecule is c1ccc(-c2nn(-c3ccccc3)cc3cccc2-3)cc1. The molecule has 0 spiro atoms. The number of fused-ring (bicyclic) bond motifs is 1. The van der Waals surface area contributed by atoms with E-state index < -0.39 is 0 Å². The maximum atomic E-state index is 4.83. The van der Waals surface area contributed by atoms with E-state index in [4.69, 9.17) is 5.10 Å². The molecule has 0 fully saturated rings. The highest BCUT2D eigenvalue weighted by molar-refractivity contribution is 5.81. The van der Waals surface area contributed by atoms with Crippen LogP contribution in [-0.2, 0) is 0 Å². The number of benzene rings is 2. The molecule has 2 aromatic carbocycles. The van der Waals surface area contributed by atoms with Gasteiger partial charge in [-0.3, -0.25) is 0 Å². The van der Waals surface area contributed by atoms with Gasteiger partial charge >= 0.3 is 0 Å². The molecule has 2 heteroatoms. The zero-order valence-electron chi connectivity index (χ0n) is 11.5. The Labute approximate surface area is 123 Å². The van der Waals surface area contributed by atoms with Crippen LogP contribution in [0.5, 0.6) is 0 Å². The van der Waals surface area contributed by atoms with Gasteiger partial charge in [0.25, 0.3) is 0 Å². The molecule has 0 radical (unpaired) electrons. The summed E-state index contributed by atoms with van der Waals surface area (Å²) >= 11 is 0. The summed E-state index contributed by atoms with van der Waals surface area (Å²) in [6, 6.07) is 26.9. The second-order valence-corrected chi connectivity index (χ2v) is 5.02. The molecule has 0 aromatic heterocycles. The van der Waals surface area contributed by atoms with E-state index in [-0.39, 0.29) is 0 Å². The lowest BCUT2D eigenvalue weighted by Gasteiger charge is -2.13. The molecule has 21 heavy (non-hydrogen) atoms. The quantitative estimate of drug-likeness (QED) is 0.518.